The Labute approximate surface area is 108 Å². The SMILES string of the molecule is CCCNC(=O)C(C)Nc1c(N)c(CC)nn1C. The monoisotopic (exact) mass is 253 g/mol. The second-order valence-corrected chi connectivity index (χ2v) is 4.34. The van der Waals surface area contributed by atoms with Crippen LogP contribution in [0.25, 0.3) is 0 Å². The van der Waals surface area contributed by atoms with Gasteiger partial charge in [-0.3, -0.25) is 9.48 Å². The zero-order valence-electron chi connectivity index (χ0n) is 11.6. The van der Waals surface area contributed by atoms with Crippen molar-refractivity contribution in [3.05, 3.63) is 5.69 Å². The van der Waals surface area contributed by atoms with Gasteiger partial charge in [-0.05, 0) is 19.8 Å². The number of hydrogen-bond acceptors (Lipinski definition) is 4. The van der Waals surface area contributed by atoms with Crippen molar-refractivity contribution in [2.45, 2.75) is 39.7 Å². The molecule has 1 aromatic rings. The third kappa shape index (κ3) is 3.15. The summed E-state index contributed by atoms with van der Waals surface area (Å²) in [5, 5.41) is 10.2. The average molecular weight is 253 g/mol. The lowest BCUT2D eigenvalue weighted by molar-refractivity contribution is -0.121. The molecule has 1 rings (SSSR count). The number of hydrogen-bond donors (Lipinski definition) is 3. The van der Waals surface area contributed by atoms with Crippen molar-refractivity contribution in [3.63, 3.8) is 0 Å². The van der Waals surface area contributed by atoms with Gasteiger partial charge in [0.05, 0.1) is 11.4 Å². The van der Waals surface area contributed by atoms with Gasteiger partial charge in [-0.2, -0.15) is 5.10 Å². The average Bonchev–Trinajstić information content (AvgIpc) is 2.63. The molecule has 0 aliphatic heterocycles. The Kier molecular flexibility index (Phi) is 5.00. The van der Waals surface area contributed by atoms with Crippen LogP contribution in [0.15, 0.2) is 0 Å². The summed E-state index contributed by atoms with van der Waals surface area (Å²) in [5.41, 5.74) is 7.45. The number of anilines is 2. The molecular formula is C12H23N5O. The molecule has 0 saturated heterocycles. The van der Waals surface area contributed by atoms with Gasteiger partial charge in [0.25, 0.3) is 0 Å². The van der Waals surface area contributed by atoms with E-state index in [1.54, 1.807) is 4.68 Å². The highest BCUT2D eigenvalue weighted by atomic mass is 16.2. The minimum Gasteiger partial charge on any atom is -0.394 e. The standard InChI is InChI=1S/C12H23N5O/c1-5-7-14-12(18)8(3)15-11-10(13)9(6-2)16-17(11)4/h8,15H,5-7,13H2,1-4H3,(H,14,18). The first-order valence-electron chi connectivity index (χ1n) is 6.36. The van der Waals surface area contributed by atoms with Crippen LogP contribution >= 0.6 is 0 Å². The predicted octanol–water partition coefficient (Wildman–Crippen LogP) is 0.891. The lowest BCUT2D eigenvalue weighted by atomic mass is 10.2. The van der Waals surface area contributed by atoms with Gasteiger partial charge in [0.15, 0.2) is 0 Å². The first-order chi connectivity index (χ1) is 8.51. The van der Waals surface area contributed by atoms with Crippen LogP contribution in [0.1, 0.15) is 32.9 Å². The quantitative estimate of drug-likeness (QED) is 0.703. The van der Waals surface area contributed by atoms with Gasteiger partial charge in [0.2, 0.25) is 5.91 Å². The Bertz CT molecular complexity index is 413. The smallest absolute Gasteiger partial charge is 0.242 e. The molecule has 0 radical (unpaired) electrons. The van der Waals surface area contributed by atoms with Gasteiger partial charge in [0, 0.05) is 13.6 Å². The number of carbonyl (C=O) groups is 1. The molecule has 1 unspecified atom stereocenters. The maximum atomic E-state index is 11.8. The molecular weight excluding hydrogens is 230 g/mol. The van der Waals surface area contributed by atoms with E-state index in [2.05, 4.69) is 15.7 Å². The highest BCUT2D eigenvalue weighted by Gasteiger charge is 2.17. The Morgan fingerprint density at radius 1 is 1.50 bits per heavy atom. The number of nitrogens with zero attached hydrogens (tertiary/aromatic N) is 2. The summed E-state index contributed by atoms with van der Waals surface area (Å²) in [6.07, 6.45) is 1.70. The molecule has 0 bridgehead atoms. The molecule has 0 aliphatic rings. The first-order valence-corrected chi connectivity index (χ1v) is 6.36. The number of aromatic nitrogens is 2. The summed E-state index contributed by atoms with van der Waals surface area (Å²) in [7, 11) is 1.81. The molecule has 0 fully saturated rings. The van der Waals surface area contributed by atoms with Crippen molar-refractivity contribution < 1.29 is 4.79 Å². The molecule has 1 aromatic heterocycles. The third-order valence-electron chi connectivity index (χ3n) is 2.79. The van der Waals surface area contributed by atoms with E-state index in [-0.39, 0.29) is 11.9 Å². The molecule has 18 heavy (non-hydrogen) atoms. The highest BCUT2D eigenvalue weighted by molar-refractivity contribution is 5.85. The van der Waals surface area contributed by atoms with Crippen molar-refractivity contribution in [2.75, 3.05) is 17.6 Å². The number of amides is 1. The van der Waals surface area contributed by atoms with E-state index in [1.807, 2.05) is 27.8 Å². The fourth-order valence-corrected chi connectivity index (χ4v) is 1.70. The molecule has 1 heterocycles. The summed E-state index contributed by atoms with van der Waals surface area (Å²) >= 11 is 0. The summed E-state index contributed by atoms with van der Waals surface area (Å²) < 4.78 is 1.68. The first kappa shape index (κ1) is 14.3. The Morgan fingerprint density at radius 2 is 2.17 bits per heavy atom. The van der Waals surface area contributed by atoms with E-state index in [4.69, 9.17) is 5.73 Å². The van der Waals surface area contributed by atoms with Crippen LogP contribution in [-0.2, 0) is 18.3 Å². The summed E-state index contributed by atoms with van der Waals surface area (Å²) in [5.74, 6) is 0.668. The maximum Gasteiger partial charge on any atom is 0.242 e. The van der Waals surface area contributed by atoms with Gasteiger partial charge in [0.1, 0.15) is 11.9 Å². The van der Waals surface area contributed by atoms with Crippen molar-refractivity contribution >= 4 is 17.4 Å². The molecule has 6 heteroatoms. The summed E-state index contributed by atoms with van der Waals surface area (Å²) in [6.45, 7) is 6.51. The van der Waals surface area contributed by atoms with Crippen LogP contribution in [0.3, 0.4) is 0 Å². The number of aryl methyl sites for hydroxylation is 2. The minimum absolute atomic E-state index is 0.0319. The van der Waals surface area contributed by atoms with Crippen LogP contribution in [-0.4, -0.2) is 28.3 Å². The number of rotatable bonds is 6. The number of nitrogens with one attached hydrogen (secondary N) is 2. The lowest BCUT2D eigenvalue weighted by Gasteiger charge is -2.15. The summed E-state index contributed by atoms with van der Waals surface area (Å²) in [6, 6.07) is -0.334. The van der Waals surface area contributed by atoms with E-state index >= 15 is 0 Å². The van der Waals surface area contributed by atoms with Crippen molar-refractivity contribution in [2.24, 2.45) is 7.05 Å². The van der Waals surface area contributed by atoms with Crippen LogP contribution in [0.2, 0.25) is 0 Å². The fraction of sp³-hybridized carbons (Fsp3) is 0.667. The third-order valence-corrected chi connectivity index (χ3v) is 2.79. The second-order valence-electron chi connectivity index (χ2n) is 4.34. The molecule has 0 saturated carbocycles. The van der Waals surface area contributed by atoms with E-state index < -0.39 is 0 Å². The van der Waals surface area contributed by atoms with Gasteiger partial charge in [-0.1, -0.05) is 13.8 Å². The second kappa shape index (κ2) is 6.28. The summed E-state index contributed by atoms with van der Waals surface area (Å²) in [4.78, 5) is 11.8. The van der Waals surface area contributed by atoms with Crippen molar-refractivity contribution in [3.8, 4) is 0 Å². The van der Waals surface area contributed by atoms with Gasteiger partial charge >= 0.3 is 0 Å². The van der Waals surface area contributed by atoms with E-state index in [0.29, 0.717) is 18.1 Å². The minimum atomic E-state index is -0.334. The number of nitrogen functional groups attached to an aromatic ring is 1. The van der Waals surface area contributed by atoms with E-state index in [1.165, 1.54) is 0 Å². The Morgan fingerprint density at radius 3 is 2.67 bits per heavy atom. The molecule has 1 atom stereocenters. The molecule has 102 valence electrons. The fourth-order valence-electron chi connectivity index (χ4n) is 1.70. The van der Waals surface area contributed by atoms with E-state index in [0.717, 1.165) is 18.5 Å². The van der Waals surface area contributed by atoms with Crippen LogP contribution in [0, 0.1) is 0 Å². The Hall–Kier alpha value is -1.72. The van der Waals surface area contributed by atoms with Crippen molar-refractivity contribution in [1.82, 2.24) is 15.1 Å². The van der Waals surface area contributed by atoms with Gasteiger partial charge in [-0.15, -0.1) is 0 Å². The number of nitrogens with two attached hydrogens (primary N) is 1. The molecule has 0 aliphatic carbocycles. The van der Waals surface area contributed by atoms with E-state index in [9.17, 15) is 4.79 Å². The van der Waals surface area contributed by atoms with Gasteiger partial charge < -0.3 is 16.4 Å². The molecule has 1 amide bonds. The molecule has 0 spiro atoms. The van der Waals surface area contributed by atoms with Gasteiger partial charge in [-0.25, -0.2) is 0 Å². The Balaban J connectivity index is 2.72. The lowest BCUT2D eigenvalue weighted by Crippen LogP contribution is -2.38. The molecule has 6 nitrogen and oxygen atoms in total. The van der Waals surface area contributed by atoms with Crippen LogP contribution in [0.4, 0.5) is 11.5 Å². The largest absolute Gasteiger partial charge is 0.394 e. The predicted molar refractivity (Wildman–Crippen MR) is 73.4 cm³/mol. The van der Waals surface area contributed by atoms with Crippen LogP contribution in [0.5, 0.6) is 0 Å². The maximum absolute atomic E-state index is 11.8. The zero-order valence-corrected chi connectivity index (χ0v) is 11.6. The van der Waals surface area contributed by atoms with Crippen LogP contribution < -0.4 is 16.4 Å². The number of carbonyl (C=O) groups excluding carboxylic acids is 1. The zero-order chi connectivity index (χ0) is 13.7. The normalized spacial score (nSPS) is 12.2. The van der Waals surface area contributed by atoms with Crippen molar-refractivity contribution in [1.29, 1.82) is 0 Å². The molecule has 4 N–H and O–H groups in total. The highest BCUT2D eigenvalue weighted by Crippen LogP contribution is 2.22. The molecule has 0 aromatic carbocycles. The topological polar surface area (TPSA) is 85.0 Å².